The van der Waals surface area contributed by atoms with Crippen LogP contribution in [0.2, 0.25) is 0 Å². The van der Waals surface area contributed by atoms with E-state index in [4.69, 9.17) is 10.5 Å². The molecule has 1 aromatic carbocycles. The second-order valence-corrected chi connectivity index (χ2v) is 6.22. The lowest BCUT2D eigenvalue weighted by atomic mass is 9.66. The molecule has 0 aliphatic heterocycles. The molecule has 0 heterocycles. The van der Waals surface area contributed by atoms with Gasteiger partial charge in [0.25, 0.3) is 0 Å². The third-order valence-electron chi connectivity index (χ3n) is 4.51. The fourth-order valence-electron chi connectivity index (χ4n) is 3.05. The zero-order valence-corrected chi connectivity index (χ0v) is 13.0. The molecule has 0 spiro atoms. The monoisotopic (exact) mass is 290 g/mol. The lowest BCUT2D eigenvalue weighted by Gasteiger charge is -2.40. The third-order valence-corrected chi connectivity index (χ3v) is 4.51. The summed E-state index contributed by atoms with van der Waals surface area (Å²) in [6, 6.07) is 8.01. The number of rotatable bonds is 7. The number of para-hydroxylation sites is 1. The Bertz CT molecular complexity index is 478. The second-order valence-electron chi connectivity index (χ2n) is 6.22. The molecule has 1 aliphatic rings. The highest BCUT2D eigenvalue weighted by atomic mass is 16.5. The number of methoxy groups -OCH3 is 1. The van der Waals surface area contributed by atoms with Gasteiger partial charge in [0, 0.05) is 12.5 Å². The van der Waals surface area contributed by atoms with E-state index in [1.165, 1.54) is 6.42 Å². The summed E-state index contributed by atoms with van der Waals surface area (Å²) in [6.45, 7) is 2.64. The Hall–Kier alpha value is -1.55. The number of hydrogen-bond acceptors (Lipinski definition) is 3. The minimum Gasteiger partial charge on any atom is -0.496 e. The van der Waals surface area contributed by atoms with Crippen molar-refractivity contribution in [1.82, 2.24) is 5.32 Å². The number of carbonyl (C=O) groups is 1. The molecule has 1 aromatic rings. The van der Waals surface area contributed by atoms with Crippen molar-refractivity contribution in [2.24, 2.45) is 11.1 Å². The van der Waals surface area contributed by atoms with E-state index in [2.05, 4.69) is 5.32 Å². The molecular weight excluding hydrogens is 264 g/mol. The first-order chi connectivity index (χ1) is 10.1. The van der Waals surface area contributed by atoms with Gasteiger partial charge < -0.3 is 15.8 Å². The van der Waals surface area contributed by atoms with Crippen molar-refractivity contribution in [1.29, 1.82) is 0 Å². The van der Waals surface area contributed by atoms with E-state index < -0.39 is 0 Å². The fraction of sp³-hybridized carbons (Fsp3) is 0.588. The highest BCUT2D eigenvalue weighted by Gasteiger charge is 2.37. The maximum Gasteiger partial charge on any atom is 0.220 e. The van der Waals surface area contributed by atoms with Crippen LogP contribution in [0.3, 0.4) is 0 Å². The van der Waals surface area contributed by atoms with E-state index >= 15 is 0 Å². The van der Waals surface area contributed by atoms with Gasteiger partial charge in [-0.3, -0.25) is 4.79 Å². The van der Waals surface area contributed by atoms with Crippen molar-refractivity contribution >= 4 is 5.91 Å². The molecule has 0 bridgehead atoms. The van der Waals surface area contributed by atoms with Crippen molar-refractivity contribution < 1.29 is 9.53 Å². The molecule has 0 radical (unpaired) electrons. The Morgan fingerprint density at radius 2 is 2.14 bits per heavy atom. The van der Waals surface area contributed by atoms with Gasteiger partial charge in [-0.1, -0.05) is 24.6 Å². The number of benzene rings is 1. The molecule has 2 rings (SSSR count). The molecule has 1 amide bonds. The minimum absolute atomic E-state index is 0.0637. The molecule has 4 nitrogen and oxygen atoms in total. The Balaban J connectivity index is 1.86. The van der Waals surface area contributed by atoms with Gasteiger partial charge >= 0.3 is 0 Å². The zero-order chi connectivity index (χ0) is 15.3. The molecule has 1 unspecified atom stereocenters. The van der Waals surface area contributed by atoms with Crippen LogP contribution >= 0.6 is 0 Å². The Labute approximate surface area is 127 Å². The number of nitrogens with two attached hydrogens (primary N) is 1. The maximum atomic E-state index is 12.2. The van der Waals surface area contributed by atoms with Crippen molar-refractivity contribution in [2.45, 2.75) is 45.1 Å². The Morgan fingerprint density at radius 1 is 1.43 bits per heavy atom. The molecule has 116 valence electrons. The van der Waals surface area contributed by atoms with Crippen molar-refractivity contribution in [3.05, 3.63) is 29.8 Å². The lowest BCUT2D eigenvalue weighted by molar-refractivity contribution is -0.125. The van der Waals surface area contributed by atoms with Crippen LogP contribution < -0.4 is 15.8 Å². The average molecular weight is 290 g/mol. The Morgan fingerprint density at radius 3 is 2.71 bits per heavy atom. The van der Waals surface area contributed by atoms with Crippen molar-refractivity contribution in [3.8, 4) is 5.75 Å². The summed E-state index contributed by atoms with van der Waals surface area (Å²) < 4.78 is 5.35. The summed E-state index contributed by atoms with van der Waals surface area (Å²) in [6.07, 6.45) is 4.68. The average Bonchev–Trinajstić information content (AvgIpc) is 2.43. The van der Waals surface area contributed by atoms with Crippen LogP contribution in [0.1, 0.15) is 38.2 Å². The molecular formula is C17H26N2O2. The first-order valence-corrected chi connectivity index (χ1v) is 7.70. The predicted octanol–water partition coefficient (Wildman–Crippen LogP) is 2.26. The second kappa shape index (κ2) is 6.94. The molecule has 1 aliphatic carbocycles. The summed E-state index contributed by atoms with van der Waals surface area (Å²) in [5, 5.41) is 3.09. The van der Waals surface area contributed by atoms with E-state index in [9.17, 15) is 4.79 Å². The minimum atomic E-state index is 0.0637. The Kier molecular flexibility index (Phi) is 5.23. The SMILES string of the molecule is COc1ccccc1CC(C)NC(=O)CC1(CN)CCC1. The molecule has 21 heavy (non-hydrogen) atoms. The van der Waals surface area contributed by atoms with E-state index in [0.29, 0.717) is 13.0 Å². The molecule has 3 N–H and O–H groups in total. The van der Waals surface area contributed by atoms with E-state index in [1.54, 1.807) is 7.11 Å². The van der Waals surface area contributed by atoms with Crippen LogP contribution in [-0.4, -0.2) is 25.6 Å². The van der Waals surface area contributed by atoms with Crippen LogP contribution in [0.4, 0.5) is 0 Å². The molecule has 0 aromatic heterocycles. The fourth-order valence-corrected chi connectivity index (χ4v) is 3.05. The molecule has 0 saturated heterocycles. The number of carbonyl (C=O) groups excluding carboxylic acids is 1. The summed E-state index contributed by atoms with van der Waals surface area (Å²) in [5.74, 6) is 0.985. The third kappa shape index (κ3) is 3.97. The van der Waals surface area contributed by atoms with Crippen molar-refractivity contribution in [3.63, 3.8) is 0 Å². The van der Waals surface area contributed by atoms with Gasteiger partial charge in [-0.15, -0.1) is 0 Å². The number of ether oxygens (including phenoxy) is 1. The number of amides is 1. The topological polar surface area (TPSA) is 64.3 Å². The largest absolute Gasteiger partial charge is 0.496 e. The van der Waals surface area contributed by atoms with Gasteiger partial charge in [-0.25, -0.2) is 0 Å². The summed E-state index contributed by atoms with van der Waals surface area (Å²) in [7, 11) is 1.67. The smallest absolute Gasteiger partial charge is 0.220 e. The summed E-state index contributed by atoms with van der Waals surface area (Å²) in [4.78, 5) is 12.2. The first-order valence-electron chi connectivity index (χ1n) is 7.70. The highest BCUT2D eigenvalue weighted by molar-refractivity contribution is 5.77. The molecule has 1 fully saturated rings. The molecule has 1 atom stereocenters. The van der Waals surface area contributed by atoms with Crippen LogP contribution in [0.25, 0.3) is 0 Å². The molecule has 4 heteroatoms. The number of nitrogens with one attached hydrogen (secondary N) is 1. The molecule has 1 saturated carbocycles. The van der Waals surface area contributed by atoms with Crippen molar-refractivity contribution in [2.75, 3.05) is 13.7 Å². The van der Waals surface area contributed by atoms with Crippen LogP contribution in [0, 0.1) is 5.41 Å². The highest BCUT2D eigenvalue weighted by Crippen LogP contribution is 2.42. The summed E-state index contributed by atoms with van der Waals surface area (Å²) in [5.41, 5.74) is 6.99. The van der Waals surface area contributed by atoms with Gasteiger partial charge in [0.1, 0.15) is 5.75 Å². The standard InChI is InChI=1S/C17H26N2O2/c1-13(10-14-6-3-4-7-15(14)21-2)19-16(20)11-17(12-18)8-5-9-17/h3-4,6-7,13H,5,8-12,18H2,1-2H3,(H,19,20). The lowest BCUT2D eigenvalue weighted by Crippen LogP contribution is -2.44. The predicted molar refractivity (Wildman–Crippen MR) is 84.3 cm³/mol. The van der Waals surface area contributed by atoms with Crippen LogP contribution in [0.5, 0.6) is 5.75 Å². The van der Waals surface area contributed by atoms with E-state index in [0.717, 1.165) is 30.6 Å². The normalized spacial score (nSPS) is 17.7. The van der Waals surface area contributed by atoms with Crippen LogP contribution in [0.15, 0.2) is 24.3 Å². The quantitative estimate of drug-likeness (QED) is 0.809. The van der Waals surface area contributed by atoms with Gasteiger partial charge in [0.05, 0.1) is 7.11 Å². The van der Waals surface area contributed by atoms with Gasteiger partial charge in [0.2, 0.25) is 5.91 Å². The van der Waals surface area contributed by atoms with Gasteiger partial charge in [-0.05, 0) is 49.8 Å². The van der Waals surface area contributed by atoms with Gasteiger partial charge in [0.15, 0.2) is 0 Å². The number of hydrogen-bond donors (Lipinski definition) is 2. The van der Waals surface area contributed by atoms with E-state index in [1.807, 2.05) is 31.2 Å². The maximum absolute atomic E-state index is 12.2. The first kappa shape index (κ1) is 15.8. The van der Waals surface area contributed by atoms with E-state index in [-0.39, 0.29) is 17.4 Å². The van der Waals surface area contributed by atoms with Crippen LogP contribution in [-0.2, 0) is 11.2 Å². The zero-order valence-electron chi connectivity index (χ0n) is 13.0. The summed E-state index contributed by atoms with van der Waals surface area (Å²) >= 11 is 0. The van der Waals surface area contributed by atoms with Gasteiger partial charge in [-0.2, -0.15) is 0 Å².